The minimum atomic E-state index is -1.25. The molecule has 3 aliphatic heterocycles. The van der Waals surface area contributed by atoms with Crippen LogP contribution < -0.4 is 10.2 Å². The molecule has 0 unspecified atom stereocenters. The first-order valence-electron chi connectivity index (χ1n) is 12.4. The molecular weight excluding hydrogens is 448 g/mol. The van der Waals surface area contributed by atoms with Crippen molar-refractivity contribution in [2.45, 2.75) is 38.3 Å². The van der Waals surface area contributed by atoms with E-state index < -0.39 is 28.8 Å². The first kappa shape index (κ1) is 22.5. The van der Waals surface area contributed by atoms with Crippen LogP contribution in [-0.4, -0.2) is 29.6 Å². The molecule has 3 aromatic carbocycles. The summed E-state index contributed by atoms with van der Waals surface area (Å²) >= 11 is 0. The number of nitrogens with one attached hydrogen (secondary N) is 1. The number of hydrogen-bond donors (Lipinski definition) is 1. The van der Waals surface area contributed by atoms with Gasteiger partial charge in [0, 0.05) is 22.4 Å². The lowest BCUT2D eigenvalue weighted by Crippen LogP contribution is -2.51. The topological polar surface area (TPSA) is 66.5 Å². The maximum Gasteiger partial charge on any atom is 0.238 e. The summed E-state index contributed by atoms with van der Waals surface area (Å²) in [6, 6.07) is 23.2. The van der Waals surface area contributed by atoms with Gasteiger partial charge < -0.3 is 10.2 Å². The molecule has 0 radical (unpaired) electrons. The fraction of sp³-hybridized carbons (Fsp3) is 0.258. The maximum absolute atomic E-state index is 14.5. The smallest absolute Gasteiger partial charge is 0.238 e. The van der Waals surface area contributed by atoms with E-state index in [0.717, 1.165) is 16.8 Å². The Morgan fingerprint density at radius 3 is 2.31 bits per heavy atom. The molecule has 36 heavy (non-hydrogen) atoms. The lowest BCUT2D eigenvalue weighted by Gasteiger charge is -2.38. The van der Waals surface area contributed by atoms with Gasteiger partial charge in [0.15, 0.2) is 11.6 Å². The van der Waals surface area contributed by atoms with E-state index in [9.17, 15) is 14.4 Å². The quantitative estimate of drug-likeness (QED) is 0.523. The first-order chi connectivity index (χ1) is 17.3. The summed E-state index contributed by atoms with van der Waals surface area (Å²) in [5.74, 6) is -1.39. The van der Waals surface area contributed by atoms with Crippen LogP contribution in [0.15, 0.2) is 84.9 Å². The number of rotatable bonds is 3. The van der Waals surface area contributed by atoms with Crippen LogP contribution in [0.2, 0.25) is 0 Å². The average Bonchev–Trinajstić information content (AvgIpc) is 3.36. The van der Waals surface area contributed by atoms with Crippen molar-refractivity contribution >= 4 is 34.9 Å². The molecule has 5 heteroatoms. The van der Waals surface area contributed by atoms with E-state index in [0.29, 0.717) is 11.3 Å². The van der Waals surface area contributed by atoms with Crippen LogP contribution in [0.25, 0.3) is 6.08 Å². The fourth-order valence-electron chi connectivity index (χ4n) is 6.35. The lowest BCUT2D eigenvalue weighted by molar-refractivity contribution is -0.128. The molecule has 3 aliphatic rings. The highest BCUT2D eigenvalue weighted by Crippen LogP contribution is 2.58. The Bertz CT molecular complexity index is 1440. The number of hydrogen-bond acceptors (Lipinski definition) is 4. The number of carbonyl (C=O) groups excluding carboxylic acids is 3. The summed E-state index contributed by atoms with van der Waals surface area (Å²) in [6.07, 6.45) is 4.02. The van der Waals surface area contributed by atoms with E-state index in [1.165, 1.54) is 0 Å². The second kappa shape index (κ2) is 7.76. The molecule has 1 spiro atoms. The van der Waals surface area contributed by atoms with Crippen molar-refractivity contribution < 1.29 is 14.4 Å². The minimum Gasteiger partial charge on any atom is -0.352 e. The molecular formula is C31H28N2O3. The average molecular weight is 477 g/mol. The largest absolute Gasteiger partial charge is 0.352 e. The standard InChI is InChI=1S/C31H28N2O3/c1-30(2,3)28(35)26-25(27(34)20-12-5-4-6-13-20)31(21-14-8-9-15-22(21)32-29(31)36)24-18-17-19-11-7-10-16-23(19)33(24)26/h4-18,24-26H,1-3H3,(H,32,36)/t24-,25-,26+,31-/m1/s1. The van der Waals surface area contributed by atoms with Gasteiger partial charge in [0.05, 0.1) is 12.0 Å². The fourth-order valence-corrected chi connectivity index (χ4v) is 6.35. The first-order valence-corrected chi connectivity index (χ1v) is 12.4. The molecule has 1 saturated heterocycles. The van der Waals surface area contributed by atoms with Crippen molar-refractivity contribution in [3.05, 3.63) is 102 Å². The SMILES string of the molecule is CC(C)(C)C(=O)[C@@H]1[C@H](C(=O)c2ccccc2)[C@]2(C(=O)Nc3ccccc32)[C@H]2C=Cc3ccccc3N12. The van der Waals surface area contributed by atoms with Gasteiger partial charge in [0.2, 0.25) is 5.91 Å². The Kier molecular flexibility index (Phi) is 4.84. The molecule has 0 aliphatic carbocycles. The summed E-state index contributed by atoms with van der Waals surface area (Å²) in [6.45, 7) is 5.65. The van der Waals surface area contributed by atoms with Gasteiger partial charge in [-0.15, -0.1) is 0 Å². The van der Waals surface area contributed by atoms with Crippen molar-refractivity contribution in [3.63, 3.8) is 0 Å². The van der Waals surface area contributed by atoms with Crippen molar-refractivity contribution in [1.82, 2.24) is 0 Å². The number of carbonyl (C=O) groups is 3. The van der Waals surface area contributed by atoms with Gasteiger partial charge in [0.25, 0.3) is 0 Å². The normalized spacial score (nSPS) is 25.8. The van der Waals surface area contributed by atoms with Gasteiger partial charge in [-0.1, -0.05) is 99.7 Å². The monoisotopic (exact) mass is 476 g/mol. The van der Waals surface area contributed by atoms with Crippen molar-refractivity contribution in [2.75, 3.05) is 10.2 Å². The molecule has 3 aromatic rings. The third-order valence-corrected chi connectivity index (χ3v) is 7.89. The summed E-state index contributed by atoms with van der Waals surface area (Å²) in [5, 5.41) is 3.06. The molecule has 1 amide bonds. The van der Waals surface area contributed by atoms with Crippen molar-refractivity contribution in [2.24, 2.45) is 11.3 Å². The highest BCUT2D eigenvalue weighted by Gasteiger charge is 2.70. The summed E-state index contributed by atoms with van der Waals surface area (Å²) in [5.41, 5.74) is 1.84. The molecule has 6 rings (SSSR count). The molecule has 0 saturated carbocycles. The second-order valence-electron chi connectivity index (χ2n) is 10.9. The number of para-hydroxylation sites is 2. The Labute approximate surface area is 210 Å². The van der Waals surface area contributed by atoms with E-state index >= 15 is 0 Å². The van der Waals surface area contributed by atoms with E-state index in [1.54, 1.807) is 12.1 Å². The van der Waals surface area contributed by atoms with E-state index in [1.807, 2.05) is 99.7 Å². The van der Waals surface area contributed by atoms with E-state index in [-0.39, 0.29) is 17.5 Å². The Hall–Kier alpha value is -3.99. The lowest BCUT2D eigenvalue weighted by atomic mass is 9.63. The number of anilines is 2. The highest BCUT2D eigenvalue weighted by atomic mass is 16.2. The zero-order valence-electron chi connectivity index (χ0n) is 20.6. The van der Waals surface area contributed by atoms with E-state index in [4.69, 9.17) is 0 Å². The van der Waals surface area contributed by atoms with Crippen molar-refractivity contribution in [1.29, 1.82) is 0 Å². The van der Waals surface area contributed by atoms with Crippen LogP contribution in [0.3, 0.4) is 0 Å². The summed E-state index contributed by atoms with van der Waals surface area (Å²) < 4.78 is 0. The van der Waals surface area contributed by atoms with Gasteiger partial charge >= 0.3 is 0 Å². The number of ketones is 2. The zero-order valence-corrected chi connectivity index (χ0v) is 20.6. The minimum absolute atomic E-state index is 0.0547. The van der Waals surface area contributed by atoms with Crippen LogP contribution in [-0.2, 0) is 15.0 Å². The number of fused-ring (bicyclic) bond motifs is 6. The van der Waals surface area contributed by atoms with Crippen LogP contribution in [0, 0.1) is 11.3 Å². The van der Waals surface area contributed by atoms with Crippen LogP contribution in [0.4, 0.5) is 11.4 Å². The summed E-state index contributed by atoms with van der Waals surface area (Å²) in [4.78, 5) is 45.0. The number of amides is 1. The molecule has 0 aromatic heterocycles. The maximum atomic E-state index is 14.5. The Morgan fingerprint density at radius 1 is 0.889 bits per heavy atom. The summed E-state index contributed by atoms with van der Waals surface area (Å²) in [7, 11) is 0. The van der Waals surface area contributed by atoms with E-state index in [2.05, 4.69) is 10.2 Å². The van der Waals surface area contributed by atoms with Crippen molar-refractivity contribution in [3.8, 4) is 0 Å². The van der Waals surface area contributed by atoms with Gasteiger partial charge in [0.1, 0.15) is 11.5 Å². The van der Waals surface area contributed by atoms with Gasteiger partial charge in [-0.3, -0.25) is 14.4 Å². The molecule has 4 atom stereocenters. The second-order valence-corrected chi connectivity index (χ2v) is 10.9. The number of nitrogens with zero attached hydrogens (tertiary/aromatic N) is 1. The van der Waals surface area contributed by atoms with Gasteiger partial charge in [-0.25, -0.2) is 0 Å². The highest BCUT2D eigenvalue weighted by molar-refractivity contribution is 6.17. The predicted molar refractivity (Wildman–Crippen MR) is 141 cm³/mol. The zero-order chi connectivity index (χ0) is 25.2. The number of benzene rings is 3. The third kappa shape index (κ3) is 2.92. The molecule has 180 valence electrons. The predicted octanol–water partition coefficient (Wildman–Crippen LogP) is 5.28. The number of Topliss-reactive ketones (excluding diaryl/α,β-unsaturated/α-hetero) is 2. The van der Waals surface area contributed by atoms with Gasteiger partial charge in [-0.05, 0) is 23.3 Å². The molecule has 3 heterocycles. The molecule has 1 fully saturated rings. The van der Waals surface area contributed by atoms with Crippen LogP contribution in [0.5, 0.6) is 0 Å². The van der Waals surface area contributed by atoms with Crippen LogP contribution in [0.1, 0.15) is 42.3 Å². The van der Waals surface area contributed by atoms with Crippen LogP contribution >= 0.6 is 0 Å². The molecule has 1 N–H and O–H groups in total. The molecule has 5 nitrogen and oxygen atoms in total. The van der Waals surface area contributed by atoms with Gasteiger partial charge in [-0.2, -0.15) is 0 Å². The Balaban J connectivity index is 1.69. The third-order valence-electron chi connectivity index (χ3n) is 7.89. The Morgan fingerprint density at radius 2 is 1.56 bits per heavy atom. The molecule has 0 bridgehead atoms.